The van der Waals surface area contributed by atoms with Crippen molar-refractivity contribution in [3.05, 3.63) is 56.3 Å². The fourth-order valence-electron chi connectivity index (χ4n) is 1.65. The minimum Gasteiger partial charge on any atom is -0.494 e. The standard InChI is InChI=1S/C15H15N3O4S/c1-2-7-22-13-5-3-11(4-6-13)15(19)17-16-9-14-8-12(10-23-14)18(20)21/h3-6,8-10H,2,7H2,1H3,(H,17,19)/b16-9+. The average molecular weight is 333 g/mol. The molecule has 8 heteroatoms. The molecule has 1 aromatic heterocycles. The number of hydrogen-bond donors (Lipinski definition) is 1. The molecular formula is C15H15N3O4S. The Morgan fingerprint density at radius 2 is 2.17 bits per heavy atom. The Bertz CT molecular complexity index is 710. The van der Waals surface area contributed by atoms with Crippen molar-refractivity contribution in [1.29, 1.82) is 0 Å². The average Bonchev–Trinajstić information content (AvgIpc) is 3.02. The van der Waals surface area contributed by atoms with E-state index in [1.54, 1.807) is 24.3 Å². The molecule has 7 nitrogen and oxygen atoms in total. The highest BCUT2D eigenvalue weighted by molar-refractivity contribution is 7.12. The Morgan fingerprint density at radius 3 is 2.78 bits per heavy atom. The van der Waals surface area contributed by atoms with E-state index in [4.69, 9.17) is 4.74 Å². The van der Waals surface area contributed by atoms with Crippen LogP contribution < -0.4 is 10.2 Å². The molecule has 0 unspecified atom stereocenters. The van der Waals surface area contributed by atoms with Gasteiger partial charge in [0.15, 0.2) is 0 Å². The van der Waals surface area contributed by atoms with E-state index in [1.165, 1.54) is 29.0 Å². The van der Waals surface area contributed by atoms with Crippen LogP contribution in [0.4, 0.5) is 5.69 Å². The van der Waals surface area contributed by atoms with Gasteiger partial charge in [-0.1, -0.05) is 6.92 Å². The molecule has 0 spiro atoms. The summed E-state index contributed by atoms with van der Waals surface area (Å²) in [6, 6.07) is 8.12. The van der Waals surface area contributed by atoms with Gasteiger partial charge in [0, 0.05) is 11.6 Å². The quantitative estimate of drug-likeness (QED) is 0.478. The summed E-state index contributed by atoms with van der Waals surface area (Å²) in [6.07, 6.45) is 2.28. The van der Waals surface area contributed by atoms with E-state index in [-0.39, 0.29) is 11.6 Å². The summed E-state index contributed by atoms with van der Waals surface area (Å²) in [7, 11) is 0. The Labute approximate surface area is 136 Å². The zero-order chi connectivity index (χ0) is 16.7. The predicted molar refractivity (Wildman–Crippen MR) is 88.3 cm³/mol. The van der Waals surface area contributed by atoms with Crippen molar-refractivity contribution in [2.24, 2.45) is 5.10 Å². The van der Waals surface area contributed by atoms with Crippen molar-refractivity contribution in [1.82, 2.24) is 5.43 Å². The van der Waals surface area contributed by atoms with E-state index < -0.39 is 4.92 Å². The van der Waals surface area contributed by atoms with E-state index in [0.29, 0.717) is 22.8 Å². The number of nitrogens with zero attached hydrogens (tertiary/aromatic N) is 2. The molecule has 1 N–H and O–H groups in total. The number of benzene rings is 1. The van der Waals surface area contributed by atoms with E-state index >= 15 is 0 Å². The van der Waals surface area contributed by atoms with Crippen LogP contribution in [0.1, 0.15) is 28.6 Å². The Hall–Kier alpha value is -2.74. The lowest BCUT2D eigenvalue weighted by molar-refractivity contribution is -0.384. The van der Waals surface area contributed by atoms with Gasteiger partial charge in [0.25, 0.3) is 11.6 Å². The lowest BCUT2D eigenvalue weighted by atomic mass is 10.2. The molecule has 0 fully saturated rings. The van der Waals surface area contributed by atoms with Crippen molar-refractivity contribution < 1.29 is 14.5 Å². The first-order chi connectivity index (χ1) is 11.1. The molecule has 0 aliphatic carbocycles. The Kier molecular flexibility index (Phi) is 5.81. The zero-order valence-corrected chi connectivity index (χ0v) is 13.2. The summed E-state index contributed by atoms with van der Waals surface area (Å²) in [4.78, 5) is 22.6. The second-order valence-corrected chi connectivity index (χ2v) is 5.48. The van der Waals surface area contributed by atoms with E-state index in [0.717, 1.165) is 6.42 Å². The van der Waals surface area contributed by atoms with Gasteiger partial charge in [-0.2, -0.15) is 5.10 Å². The third-order valence-electron chi connectivity index (χ3n) is 2.76. The highest BCUT2D eigenvalue weighted by atomic mass is 32.1. The maximum absolute atomic E-state index is 11.9. The number of hydrogen-bond acceptors (Lipinski definition) is 6. The number of nitro groups is 1. The van der Waals surface area contributed by atoms with Gasteiger partial charge in [0.2, 0.25) is 0 Å². The normalized spacial score (nSPS) is 10.7. The maximum atomic E-state index is 11.9. The van der Waals surface area contributed by atoms with Gasteiger partial charge in [-0.3, -0.25) is 14.9 Å². The summed E-state index contributed by atoms with van der Waals surface area (Å²) < 4.78 is 5.44. The van der Waals surface area contributed by atoms with E-state index in [1.807, 2.05) is 6.92 Å². The van der Waals surface area contributed by atoms with Crippen LogP contribution in [0.25, 0.3) is 0 Å². The highest BCUT2D eigenvalue weighted by Crippen LogP contribution is 2.19. The molecule has 23 heavy (non-hydrogen) atoms. The number of hydrazone groups is 1. The highest BCUT2D eigenvalue weighted by Gasteiger charge is 2.08. The van der Waals surface area contributed by atoms with Crippen LogP contribution in [0.3, 0.4) is 0 Å². The summed E-state index contributed by atoms with van der Waals surface area (Å²) in [6.45, 7) is 2.64. The van der Waals surface area contributed by atoms with Crippen LogP contribution in [0, 0.1) is 10.1 Å². The molecule has 2 rings (SSSR count). The van der Waals surface area contributed by atoms with Gasteiger partial charge >= 0.3 is 0 Å². The molecule has 0 aliphatic heterocycles. The van der Waals surface area contributed by atoms with Crippen LogP contribution in [0.15, 0.2) is 40.8 Å². The third-order valence-corrected chi connectivity index (χ3v) is 3.62. The molecule has 2 aromatic rings. The summed E-state index contributed by atoms with van der Waals surface area (Å²) in [5.41, 5.74) is 2.83. The van der Waals surface area contributed by atoms with Gasteiger partial charge < -0.3 is 4.74 Å². The van der Waals surface area contributed by atoms with Crippen molar-refractivity contribution in [3.8, 4) is 5.75 Å². The first-order valence-corrected chi connectivity index (χ1v) is 7.77. The molecule has 1 heterocycles. The molecule has 0 aliphatic rings. The molecule has 1 amide bonds. The Morgan fingerprint density at radius 1 is 1.43 bits per heavy atom. The summed E-state index contributed by atoms with van der Waals surface area (Å²) >= 11 is 1.18. The predicted octanol–water partition coefficient (Wildman–Crippen LogP) is 3.21. The first-order valence-electron chi connectivity index (χ1n) is 6.89. The molecule has 0 saturated heterocycles. The lowest BCUT2D eigenvalue weighted by Crippen LogP contribution is -2.17. The largest absolute Gasteiger partial charge is 0.494 e. The number of thiophene rings is 1. The minimum atomic E-state index is -0.478. The monoisotopic (exact) mass is 333 g/mol. The molecule has 0 atom stereocenters. The number of nitrogens with one attached hydrogen (secondary N) is 1. The number of rotatable bonds is 7. The van der Waals surface area contributed by atoms with Crippen LogP contribution >= 0.6 is 11.3 Å². The number of carbonyl (C=O) groups excluding carboxylic acids is 1. The molecule has 120 valence electrons. The van der Waals surface area contributed by atoms with Crippen LogP contribution in [0.2, 0.25) is 0 Å². The van der Waals surface area contributed by atoms with Gasteiger partial charge in [-0.25, -0.2) is 5.43 Å². The number of carbonyl (C=O) groups is 1. The van der Waals surface area contributed by atoms with E-state index in [2.05, 4.69) is 10.5 Å². The summed E-state index contributed by atoms with van der Waals surface area (Å²) in [5, 5.41) is 15.8. The zero-order valence-electron chi connectivity index (χ0n) is 12.4. The van der Waals surface area contributed by atoms with E-state index in [9.17, 15) is 14.9 Å². The third kappa shape index (κ3) is 4.89. The van der Waals surface area contributed by atoms with Crippen LogP contribution in [-0.2, 0) is 0 Å². The minimum absolute atomic E-state index is 0.00504. The molecular weight excluding hydrogens is 318 g/mol. The SMILES string of the molecule is CCCOc1ccc(C(=O)N/N=C/c2cc([N+](=O)[O-])cs2)cc1. The molecule has 0 bridgehead atoms. The maximum Gasteiger partial charge on any atom is 0.280 e. The van der Waals surface area contributed by atoms with Crippen molar-refractivity contribution in [3.63, 3.8) is 0 Å². The topological polar surface area (TPSA) is 93.8 Å². The van der Waals surface area contributed by atoms with Gasteiger partial charge in [-0.05, 0) is 30.7 Å². The van der Waals surface area contributed by atoms with Crippen molar-refractivity contribution in [2.45, 2.75) is 13.3 Å². The van der Waals surface area contributed by atoms with Gasteiger partial charge in [0.1, 0.15) is 5.75 Å². The fraction of sp³-hybridized carbons (Fsp3) is 0.200. The van der Waals surface area contributed by atoms with Crippen molar-refractivity contribution >= 4 is 29.1 Å². The molecule has 0 radical (unpaired) electrons. The number of ether oxygens (including phenoxy) is 1. The summed E-state index contributed by atoms with van der Waals surface area (Å²) in [5.74, 6) is 0.340. The van der Waals surface area contributed by atoms with Crippen molar-refractivity contribution in [2.75, 3.05) is 6.61 Å². The van der Waals surface area contributed by atoms with Gasteiger partial charge in [0.05, 0.1) is 28.0 Å². The van der Waals surface area contributed by atoms with Gasteiger partial charge in [-0.15, -0.1) is 11.3 Å². The molecule has 1 aromatic carbocycles. The van der Waals surface area contributed by atoms with Crippen LogP contribution in [0.5, 0.6) is 5.75 Å². The molecule has 0 saturated carbocycles. The first kappa shape index (κ1) is 16.6. The second kappa shape index (κ2) is 8.04. The number of amides is 1. The van der Waals surface area contributed by atoms with Crippen LogP contribution in [-0.4, -0.2) is 23.7 Å². The lowest BCUT2D eigenvalue weighted by Gasteiger charge is -2.05. The Balaban J connectivity index is 1.90. The second-order valence-electron chi connectivity index (χ2n) is 4.54. The fourth-order valence-corrected chi connectivity index (χ4v) is 2.36. The smallest absolute Gasteiger partial charge is 0.280 e.